The number of rotatable bonds is 6. The molecule has 1 saturated heterocycles. The lowest BCUT2D eigenvalue weighted by Crippen LogP contribution is -2.51. The van der Waals surface area contributed by atoms with Gasteiger partial charge in [-0.25, -0.2) is 14.1 Å². The van der Waals surface area contributed by atoms with Crippen LogP contribution in [0, 0.1) is 5.82 Å². The number of carbonyl (C=O) groups excluding carboxylic acids is 1. The van der Waals surface area contributed by atoms with E-state index < -0.39 is 18.3 Å². The number of aliphatic hydroxyl groups is 1. The first kappa shape index (κ1) is 34.5. The molecule has 3 aliphatic heterocycles. The van der Waals surface area contributed by atoms with Crippen LogP contribution in [-0.4, -0.2) is 66.3 Å². The molecule has 4 aromatic rings. The second kappa shape index (κ2) is 13.0. The number of amides is 1. The van der Waals surface area contributed by atoms with Crippen molar-refractivity contribution in [3.05, 3.63) is 89.9 Å². The number of nitrogens with one attached hydrogen (secondary N) is 1. The van der Waals surface area contributed by atoms with E-state index in [0.29, 0.717) is 39.9 Å². The van der Waals surface area contributed by atoms with E-state index in [1.165, 1.54) is 21.8 Å². The molecule has 1 unspecified atom stereocenters. The van der Waals surface area contributed by atoms with Gasteiger partial charge in [-0.3, -0.25) is 24.1 Å². The normalized spacial score (nSPS) is 18.5. The van der Waals surface area contributed by atoms with Gasteiger partial charge in [0, 0.05) is 58.7 Å². The van der Waals surface area contributed by atoms with Gasteiger partial charge in [0.05, 0.1) is 49.4 Å². The zero-order valence-corrected chi connectivity index (χ0v) is 31.1. The van der Waals surface area contributed by atoms with Gasteiger partial charge in [0.1, 0.15) is 17.3 Å². The summed E-state index contributed by atoms with van der Waals surface area (Å²) in [6.07, 6.45) is 1.52. The van der Waals surface area contributed by atoms with Crippen LogP contribution in [0.1, 0.15) is 73.3 Å². The van der Waals surface area contributed by atoms with Crippen LogP contribution < -0.4 is 15.8 Å². The molecule has 2 N–H and O–H groups in total. The number of hydrogen-bond donors (Lipinski definition) is 2. The minimum Gasteiger partial charge on any atom is -0.392 e. The first-order valence-corrected chi connectivity index (χ1v) is 17.7. The monoisotopic (exact) mass is 794 g/mol. The van der Waals surface area contributed by atoms with Crippen molar-refractivity contribution < 1.29 is 19.0 Å². The summed E-state index contributed by atoms with van der Waals surface area (Å²) in [4.78, 5) is 36.0. The van der Waals surface area contributed by atoms with Crippen LogP contribution in [0.5, 0.6) is 0 Å². The molecule has 7 rings (SSSR count). The Bertz CT molecular complexity index is 2120. The maximum absolute atomic E-state index is 16.0. The van der Waals surface area contributed by atoms with E-state index in [1.807, 2.05) is 44.5 Å². The van der Waals surface area contributed by atoms with Gasteiger partial charge in [-0.05, 0) is 64.3 Å². The standard InChI is InChI=1S/C36H40FIN8O4/c1-19-25-11-21(36(3,4)5)12-27(37)31(25)35(49)46(20(2)32(19)38)33-26(16-47)24(7-8-39-33)28-14-29(34(48)43(6)41-28)40-30-13-22-15-44(23-17-50-18-23)9-10-45(22)42-30/h7-8,11-14,19,23,47H,9-10,15-18H2,1-6H3,(H,40,42). The molecule has 0 aliphatic carbocycles. The third-order valence-electron chi connectivity index (χ3n) is 9.90. The molecular weight excluding hydrogens is 754 g/mol. The van der Waals surface area contributed by atoms with Crippen LogP contribution in [0.15, 0.2) is 50.6 Å². The summed E-state index contributed by atoms with van der Waals surface area (Å²) < 4.78 is 25.4. The summed E-state index contributed by atoms with van der Waals surface area (Å²) in [5, 5.41) is 23.2. The molecule has 0 spiro atoms. The smallest absolute Gasteiger partial charge is 0.290 e. The largest absolute Gasteiger partial charge is 0.392 e. The number of aryl methyl sites for hydroxylation is 1. The third kappa shape index (κ3) is 5.95. The summed E-state index contributed by atoms with van der Waals surface area (Å²) >= 11 is 2.21. The topological polar surface area (TPSA) is 131 Å². The second-order valence-corrected chi connectivity index (χ2v) is 15.4. The Kier molecular flexibility index (Phi) is 8.93. The van der Waals surface area contributed by atoms with E-state index in [-0.39, 0.29) is 34.0 Å². The summed E-state index contributed by atoms with van der Waals surface area (Å²) in [7, 11) is 1.55. The summed E-state index contributed by atoms with van der Waals surface area (Å²) in [6.45, 7) is 13.1. The lowest BCUT2D eigenvalue weighted by Gasteiger charge is -2.39. The Morgan fingerprint density at radius 1 is 1.12 bits per heavy atom. The quantitative estimate of drug-likeness (QED) is 0.248. The highest BCUT2D eigenvalue weighted by Gasteiger charge is 2.37. The molecular formula is C36H40FIN8O4. The van der Waals surface area contributed by atoms with Crippen LogP contribution in [-0.2, 0) is 36.9 Å². The number of halogens is 2. The van der Waals surface area contributed by atoms with Crippen molar-refractivity contribution in [3.8, 4) is 11.3 Å². The molecule has 0 radical (unpaired) electrons. The van der Waals surface area contributed by atoms with Crippen molar-refractivity contribution in [2.24, 2.45) is 7.05 Å². The minimum atomic E-state index is -0.601. The predicted molar refractivity (Wildman–Crippen MR) is 196 cm³/mol. The molecule has 262 valence electrons. The maximum Gasteiger partial charge on any atom is 0.290 e. The Morgan fingerprint density at radius 2 is 1.88 bits per heavy atom. The van der Waals surface area contributed by atoms with Crippen molar-refractivity contribution in [2.75, 3.05) is 30.0 Å². The fraction of sp³-hybridized carbons (Fsp3) is 0.417. The molecule has 1 aromatic carbocycles. The van der Waals surface area contributed by atoms with Gasteiger partial charge in [-0.15, -0.1) is 0 Å². The van der Waals surface area contributed by atoms with Gasteiger partial charge >= 0.3 is 0 Å². The number of aliphatic hydroxyl groups excluding tert-OH is 1. The first-order valence-electron chi connectivity index (χ1n) is 16.6. The molecule has 3 aliphatic rings. The SMILES string of the molecule is CC1=C(I)C(C)c2cc(C(C)(C)C)cc(F)c2C(=O)N1c1nccc(-c2cc(Nc3cc4n(n3)CCN(C3COC3)C4)c(=O)n(C)n2)c1CO. The average molecular weight is 795 g/mol. The Labute approximate surface area is 303 Å². The summed E-state index contributed by atoms with van der Waals surface area (Å²) in [5.74, 6) is -0.740. The first-order chi connectivity index (χ1) is 23.8. The number of fused-ring (bicyclic) bond motifs is 2. The highest BCUT2D eigenvalue weighted by atomic mass is 127. The van der Waals surface area contributed by atoms with Crippen molar-refractivity contribution >= 4 is 45.8 Å². The number of anilines is 3. The highest BCUT2D eigenvalue weighted by molar-refractivity contribution is 14.1. The van der Waals surface area contributed by atoms with E-state index >= 15 is 4.39 Å². The van der Waals surface area contributed by atoms with Crippen LogP contribution in [0.4, 0.5) is 21.7 Å². The van der Waals surface area contributed by atoms with Gasteiger partial charge in [-0.2, -0.15) is 10.2 Å². The zero-order valence-electron chi connectivity index (χ0n) is 28.9. The molecule has 0 saturated carbocycles. The van der Waals surface area contributed by atoms with E-state index in [0.717, 1.165) is 47.7 Å². The molecule has 50 heavy (non-hydrogen) atoms. The lowest BCUT2D eigenvalue weighted by molar-refractivity contribution is -0.0735. The van der Waals surface area contributed by atoms with Crippen LogP contribution >= 0.6 is 22.6 Å². The number of carbonyl (C=O) groups is 1. The number of nitrogens with zero attached hydrogens (tertiary/aromatic N) is 7. The van der Waals surface area contributed by atoms with E-state index in [4.69, 9.17) is 9.84 Å². The van der Waals surface area contributed by atoms with E-state index in [1.54, 1.807) is 26.1 Å². The molecule has 1 amide bonds. The maximum atomic E-state index is 16.0. The van der Waals surface area contributed by atoms with Gasteiger partial charge in [0.15, 0.2) is 5.82 Å². The number of pyridine rings is 1. The fourth-order valence-electron chi connectivity index (χ4n) is 6.84. The number of allylic oxidation sites excluding steroid dienone is 2. The van der Waals surface area contributed by atoms with E-state index in [2.05, 4.69) is 42.9 Å². The Balaban J connectivity index is 1.27. The summed E-state index contributed by atoms with van der Waals surface area (Å²) in [5.41, 5.74) is 3.71. The van der Waals surface area contributed by atoms with Crippen molar-refractivity contribution in [2.45, 2.75) is 71.7 Å². The molecule has 1 atom stereocenters. The number of benzene rings is 1. The average Bonchev–Trinajstić information content (AvgIpc) is 3.43. The Morgan fingerprint density at radius 3 is 2.56 bits per heavy atom. The molecule has 12 nitrogen and oxygen atoms in total. The molecule has 3 aromatic heterocycles. The zero-order chi connectivity index (χ0) is 35.6. The van der Waals surface area contributed by atoms with Crippen molar-refractivity contribution in [1.29, 1.82) is 0 Å². The lowest BCUT2D eigenvalue weighted by atomic mass is 9.83. The number of ether oxygens (including phenoxy) is 1. The van der Waals surface area contributed by atoms with Crippen molar-refractivity contribution in [1.82, 2.24) is 29.4 Å². The predicted octanol–water partition coefficient (Wildman–Crippen LogP) is 5.36. The second-order valence-electron chi connectivity index (χ2n) is 14.2. The molecule has 14 heteroatoms. The molecule has 1 fully saturated rings. The number of hydrogen-bond acceptors (Lipinski definition) is 9. The number of aromatic nitrogens is 5. The van der Waals surface area contributed by atoms with Crippen LogP contribution in [0.2, 0.25) is 0 Å². The van der Waals surface area contributed by atoms with Gasteiger partial charge in [-0.1, -0.05) is 33.8 Å². The van der Waals surface area contributed by atoms with Gasteiger partial charge < -0.3 is 15.2 Å². The minimum absolute atomic E-state index is 0.0220. The fourth-order valence-corrected chi connectivity index (χ4v) is 7.41. The molecule has 0 bridgehead atoms. The van der Waals surface area contributed by atoms with Crippen molar-refractivity contribution in [3.63, 3.8) is 0 Å². The third-order valence-corrected chi connectivity index (χ3v) is 11.6. The van der Waals surface area contributed by atoms with Crippen LogP contribution in [0.3, 0.4) is 0 Å². The Hall–Kier alpha value is -3.99. The van der Waals surface area contributed by atoms with Gasteiger partial charge in [0.2, 0.25) is 0 Å². The summed E-state index contributed by atoms with van der Waals surface area (Å²) in [6, 6.07) is 9.01. The van der Waals surface area contributed by atoms with Crippen LogP contribution in [0.25, 0.3) is 11.3 Å². The highest BCUT2D eigenvalue weighted by Crippen LogP contribution is 2.43. The van der Waals surface area contributed by atoms with E-state index in [9.17, 15) is 14.7 Å². The molecule has 6 heterocycles. The van der Waals surface area contributed by atoms with Gasteiger partial charge in [0.25, 0.3) is 11.5 Å².